The van der Waals surface area contributed by atoms with Gasteiger partial charge in [-0.1, -0.05) is 18.2 Å². The summed E-state index contributed by atoms with van der Waals surface area (Å²) in [6.07, 6.45) is -2.04. The van der Waals surface area contributed by atoms with Crippen LogP contribution in [0.5, 0.6) is 5.75 Å². The normalized spacial score (nSPS) is 27.5. The third-order valence-electron chi connectivity index (χ3n) is 4.50. The molecule has 3 nitrogen and oxygen atoms in total. The quantitative estimate of drug-likeness (QED) is 0.837. The molecule has 114 valence electrons. The van der Waals surface area contributed by atoms with E-state index in [4.69, 9.17) is 4.74 Å². The van der Waals surface area contributed by atoms with Crippen LogP contribution < -0.4 is 4.74 Å². The van der Waals surface area contributed by atoms with Gasteiger partial charge in [0.2, 0.25) is 5.91 Å². The summed E-state index contributed by atoms with van der Waals surface area (Å²) >= 11 is 0. The summed E-state index contributed by atoms with van der Waals surface area (Å²) in [5.41, 5.74) is -1.26. The van der Waals surface area contributed by atoms with Crippen molar-refractivity contribution in [1.29, 1.82) is 0 Å². The fourth-order valence-corrected chi connectivity index (χ4v) is 3.20. The largest absolute Gasteiger partial charge is 0.485 e. The number of para-hydroxylation sites is 1. The minimum Gasteiger partial charge on any atom is -0.485 e. The maximum absolute atomic E-state index is 13.2. The van der Waals surface area contributed by atoms with E-state index >= 15 is 0 Å². The predicted octanol–water partition coefficient (Wildman–Crippen LogP) is 3.40. The maximum Gasteiger partial charge on any atom is 0.252 e. The van der Waals surface area contributed by atoms with E-state index in [0.29, 0.717) is 13.0 Å². The fraction of sp³-hybridized carbons (Fsp3) is 0.562. The number of alkyl halides is 2. The number of carbonyl (C=O) groups is 1. The van der Waals surface area contributed by atoms with Crippen molar-refractivity contribution in [3.63, 3.8) is 0 Å². The highest BCUT2D eigenvalue weighted by Gasteiger charge is 2.53. The van der Waals surface area contributed by atoms with Crippen molar-refractivity contribution in [3.8, 4) is 5.75 Å². The molecule has 5 heteroatoms. The Morgan fingerprint density at radius 2 is 2.10 bits per heavy atom. The standard InChI is InChI=1S/C16H19F2NO2/c1-15(2,13(17)18)14(20)19-9-16(3)8-11(19)10-6-4-5-7-12(10)21-16/h4-7,11,13H,8-9H2,1-3H3/t11-,16-/m0/s1. The summed E-state index contributed by atoms with van der Waals surface area (Å²) in [4.78, 5) is 14.2. The van der Waals surface area contributed by atoms with Crippen LogP contribution in [0.4, 0.5) is 8.78 Å². The van der Waals surface area contributed by atoms with Crippen LogP contribution in [0.15, 0.2) is 24.3 Å². The number of hydrogen-bond donors (Lipinski definition) is 0. The number of benzene rings is 1. The molecule has 0 radical (unpaired) electrons. The Labute approximate surface area is 122 Å². The molecule has 2 aliphatic rings. The van der Waals surface area contributed by atoms with Crippen LogP contribution in [-0.2, 0) is 4.79 Å². The van der Waals surface area contributed by atoms with Crippen molar-refractivity contribution in [1.82, 2.24) is 4.90 Å². The molecule has 0 saturated carbocycles. The van der Waals surface area contributed by atoms with E-state index in [1.165, 1.54) is 13.8 Å². The molecular weight excluding hydrogens is 276 g/mol. The van der Waals surface area contributed by atoms with Crippen LogP contribution in [0, 0.1) is 5.41 Å². The molecule has 0 aromatic heterocycles. The molecule has 2 bridgehead atoms. The van der Waals surface area contributed by atoms with Crippen LogP contribution in [-0.4, -0.2) is 29.4 Å². The van der Waals surface area contributed by atoms with Crippen molar-refractivity contribution >= 4 is 5.91 Å². The second kappa shape index (κ2) is 4.42. The minimum atomic E-state index is -2.69. The highest BCUT2D eigenvalue weighted by Crippen LogP contribution is 2.49. The van der Waals surface area contributed by atoms with Gasteiger partial charge in [0.1, 0.15) is 16.8 Å². The first-order chi connectivity index (χ1) is 9.74. The molecule has 1 fully saturated rings. The summed E-state index contributed by atoms with van der Waals surface area (Å²) in [6, 6.07) is 7.35. The van der Waals surface area contributed by atoms with Gasteiger partial charge in [-0.05, 0) is 26.8 Å². The number of hydrogen-bond acceptors (Lipinski definition) is 2. The van der Waals surface area contributed by atoms with Gasteiger partial charge in [0.15, 0.2) is 0 Å². The number of fused-ring (bicyclic) bond motifs is 4. The highest BCUT2D eigenvalue weighted by molar-refractivity contribution is 5.83. The number of nitrogens with zero attached hydrogens (tertiary/aromatic N) is 1. The molecular formula is C16H19F2NO2. The van der Waals surface area contributed by atoms with Crippen molar-refractivity contribution in [3.05, 3.63) is 29.8 Å². The second-order valence-corrected chi connectivity index (χ2v) is 6.77. The second-order valence-electron chi connectivity index (χ2n) is 6.77. The third-order valence-corrected chi connectivity index (χ3v) is 4.50. The van der Waals surface area contributed by atoms with E-state index in [0.717, 1.165) is 11.3 Å². The molecule has 1 saturated heterocycles. The van der Waals surface area contributed by atoms with E-state index in [1.54, 1.807) is 4.90 Å². The lowest BCUT2D eigenvalue weighted by atomic mass is 9.90. The molecule has 0 N–H and O–H groups in total. The van der Waals surface area contributed by atoms with Gasteiger partial charge in [-0.15, -0.1) is 0 Å². The average molecular weight is 295 g/mol. The molecule has 1 amide bonds. The molecule has 2 aliphatic heterocycles. The first-order valence-electron chi connectivity index (χ1n) is 7.12. The van der Waals surface area contributed by atoms with Crippen LogP contribution >= 0.6 is 0 Å². The van der Waals surface area contributed by atoms with Gasteiger partial charge >= 0.3 is 0 Å². The number of ether oxygens (including phenoxy) is 1. The molecule has 0 spiro atoms. The van der Waals surface area contributed by atoms with Gasteiger partial charge in [0.25, 0.3) is 6.43 Å². The zero-order chi connectivity index (χ0) is 15.4. The van der Waals surface area contributed by atoms with E-state index in [2.05, 4.69) is 0 Å². The number of carbonyl (C=O) groups excluding carboxylic acids is 1. The van der Waals surface area contributed by atoms with E-state index in [9.17, 15) is 13.6 Å². The van der Waals surface area contributed by atoms with E-state index in [1.807, 2.05) is 31.2 Å². The van der Waals surface area contributed by atoms with Crippen LogP contribution in [0.3, 0.4) is 0 Å². The Bertz CT molecular complexity index is 587. The molecule has 2 atom stereocenters. The summed E-state index contributed by atoms with van der Waals surface area (Å²) in [5, 5.41) is 0. The zero-order valence-corrected chi connectivity index (χ0v) is 12.4. The number of rotatable bonds is 2. The number of amides is 1. The van der Waals surface area contributed by atoms with Crippen molar-refractivity contribution in [2.75, 3.05) is 6.54 Å². The van der Waals surface area contributed by atoms with Crippen LogP contribution in [0.2, 0.25) is 0 Å². The first kappa shape index (κ1) is 14.3. The smallest absolute Gasteiger partial charge is 0.252 e. The lowest BCUT2D eigenvalue weighted by molar-refractivity contribution is -0.150. The molecule has 0 aliphatic carbocycles. The van der Waals surface area contributed by atoms with Crippen molar-refractivity contribution in [2.24, 2.45) is 5.41 Å². The zero-order valence-electron chi connectivity index (χ0n) is 12.4. The molecule has 2 heterocycles. The maximum atomic E-state index is 13.2. The summed E-state index contributed by atoms with van der Waals surface area (Å²) in [5.74, 6) is 0.243. The predicted molar refractivity (Wildman–Crippen MR) is 74.3 cm³/mol. The lowest BCUT2D eigenvalue weighted by Gasteiger charge is -2.33. The van der Waals surface area contributed by atoms with E-state index in [-0.39, 0.29) is 6.04 Å². The first-order valence-corrected chi connectivity index (χ1v) is 7.12. The summed E-state index contributed by atoms with van der Waals surface area (Å²) in [6.45, 7) is 4.88. The molecule has 1 aromatic carbocycles. The monoisotopic (exact) mass is 295 g/mol. The van der Waals surface area contributed by atoms with E-state index < -0.39 is 23.3 Å². The SMILES string of the molecule is CC(C)(C(=O)N1C[C@]2(C)C[C@H]1c1ccccc1O2)C(F)F. The topological polar surface area (TPSA) is 29.5 Å². The summed E-state index contributed by atoms with van der Waals surface area (Å²) in [7, 11) is 0. The van der Waals surface area contributed by atoms with Gasteiger partial charge in [-0.2, -0.15) is 0 Å². The average Bonchev–Trinajstić information content (AvgIpc) is 2.70. The van der Waals surface area contributed by atoms with Gasteiger partial charge in [-0.25, -0.2) is 8.78 Å². The van der Waals surface area contributed by atoms with Crippen LogP contribution in [0.1, 0.15) is 38.8 Å². The molecule has 0 unspecified atom stereocenters. The van der Waals surface area contributed by atoms with Crippen molar-refractivity contribution in [2.45, 2.75) is 45.3 Å². The molecule has 21 heavy (non-hydrogen) atoms. The Morgan fingerprint density at radius 1 is 1.43 bits per heavy atom. The summed E-state index contributed by atoms with van der Waals surface area (Å²) < 4.78 is 32.3. The lowest BCUT2D eigenvalue weighted by Crippen LogP contribution is -2.45. The van der Waals surface area contributed by atoms with Gasteiger partial charge in [0.05, 0.1) is 12.6 Å². The number of likely N-dealkylation sites (tertiary alicyclic amines) is 1. The van der Waals surface area contributed by atoms with Crippen LogP contribution in [0.25, 0.3) is 0 Å². The van der Waals surface area contributed by atoms with Crippen molar-refractivity contribution < 1.29 is 18.3 Å². The highest BCUT2D eigenvalue weighted by atomic mass is 19.3. The Morgan fingerprint density at radius 3 is 2.76 bits per heavy atom. The molecule has 3 rings (SSSR count). The molecule has 1 aromatic rings. The number of halogens is 2. The third kappa shape index (κ3) is 2.10. The minimum absolute atomic E-state index is 0.175. The Balaban J connectivity index is 1.99. The van der Waals surface area contributed by atoms with Gasteiger partial charge in [-0.3, -0.25) is 4.79 Å². The Hall–Kier alpha value is -1.65. The Kier molecular flexibility index (Phi) is 3.01. The fourth-order valence-electron chi connectivity index (χ4n) is 3.20. The van der Waals surface area contributed by atoms with Gasteiger partial charge in [0, 0.05) is 12.0 Å². The van der Waals surface area contributed by atoms with Gasteiger partial charge < -0.3 is 9.64 Å².